The van der Waals surface area contributed by atoms with Gasteiger partial charge in [0.15, 0.2) is 0 Å². The molecule has 3 atom stereocenters. The van der Waals surface area contributed by atoms with Gasteiger partial charge < -0.3 is 20.0 Å². The summed E-state index contributed by atoms with van der Waals surface area (Å²) < 4.78 is 17.4. The van der Waals surface area contributed by atoms with Crippen LogP contribution < -0.4 is 10.2 Å². The van der Waals surface area contributed by atoms with E-state index in [0.717, 1.165) is 61.4 Å². The molecule has 0 radical (unpaired) electrons. The average Bonchev–Trinajstić information content (AvgIpc) is 3.33. The molecule has 200 valence electrons. The van der Waals surface area contributed by atoms with Crippen LogP contribution in [0.1, 0.15) is 46.1 Å². The monoisotopic (exact) mass is 508 g/mol. The van der Waals surface area contributed by atoms with Crippen LogP contribution >= 0.6 is 0 Å². The van der Waals surface area contributed by atoms with Crippen LogP contribution in [-0.4, -0.2) is 83.0 Å². The van der Waals surface area contributed by atoms with E-state index in [-0.39, 0.29) is 18.0 Å². The van der Waals surface area contributed by atoms with E-state index in [1.165, 1.54) is 0 Å². The van der Waals surface area contributed by atoms with Crippen molar-refractivity contribution < 1.29 is 9.18 Å². The number of anilines is 1. The molecule has 2 aromatic rings. The van der Waals surface area contributed by atoms with Gasteiger partial charge in [0.2, 0.25) is 0 Å². The molecule has 2 amide bonds. The SMILES string of the molecule is CC(C)NC(=O)N1CCN(c2ccnn3cc(C4=CC(F)C([C@H]5CCCN(C(C)C)C5)C=C4)cc23)CC1. The van der Waals surface area contributed by atoms with Gasteiger partial charge in [0, 0.05) is 68.7 Å². The van der Waals surface area contributed by atoms with E-state index in [9.17, 15) is 4.79 Å². The van der Waals surface area contributed by atoms with Crippen molar-refractivity contribution in [1.29, 1.82) is 0 Å². The number of carbonyl (C=O) groups excluding carboxylic acids is 1. The molecule has 3 aliphatic rings. The van der Waals surface area contributed by atoms with Crippen molar-refractivity contribution in [3.8, 4) is 0 Å². The first-order valence-electron chi connectivity index (χ1n) is 13.9. The van der Waals surface area contributed by atoms with E-state index in [1.807, 2.05) is 41.7 Å². The molecule has 2 aromatic heterocycles. The number of amides is 2. The third-order valence-corrected chi connectivity index (χ3v) is 8.11. The van der Waals surface area contributed by atoms with E-state index in [2.05, 4.69) is 52.3 Å². The molecule has 1 N–H and O–H groups in total. The lowest BCUT2D eigenvalue weighted by Gasteiger charge is -2.39. The van der Waals surface area contributed by atoms with E-state index in [1.54, 1.807) is 6.08 Å². The van der Waals surface area contributed by atoms with Crippen LogP contribution in [0.2, 0.25) is 0 Å². The zero-order valence-corrected chi connectivity index (χ0v) is 22.6. The number of rotatable bonds is 5. The van der Waals surface area contributed by atoms with Crippen LogP contribution in [0.4, 0.5) is 14.9 Å². The maximum absolute atomic E-state index is 15.5. The molecule has 2 saturated heterocycles. The number of nitrogens with zero attached hydrogens (tertiary/aromatic N) is 5. The van der Waals surface area contributed by atoms with Crippen molar-refractivity contribution in [3.05, 3.63) is 48.3 Å². The number of aromatic nitrogens is 2. The zero-order chi connectivity index (χ0) is 26.1. The fraction of sp³-hybridized carbons (Fsp3) is 0.586. The molecule has 0 bridgehead atoms. The molecule has 8 heteroatoms. The van der Waals surface area contributed by atoms with Crippen molar-refractivity contribution in [2.45, 2.75) is 58.8 Å². The number of hydrogen-bond acceptors (Lipinski definition) is 4. The fourth-order valence-corrected chi connectivity index (χ4v) is 6.01. The second-order valence-corrected chi connectivity index (χ2v) is 11.3. The Morgan fingerprint density at radius 1 is 1.14 bits per heavy atom. The molecule has 37 heavy (non-hydrogen) atoms. The molecular weight excluding hydrogens is 467 g/mol. The highest BCUT2D eigenvalue weighted by molar-refractivity contribution is 5.83. The summed E-state index contributed by atoms with van der Waals surface area (Å²) in [6, 6.07) is 4.79. The van der Waals surface area contributed by atoms with Gasteiger partial charge in [-0.1, -0.05) is 12.2 Å². The number of piperazine rings is 1. The first kappa shape index (κ1) is 25.8. The summed E-state index contributed by atoms with van der Waals surface area (Å²) in [5.41, 5.74) is 4.01. The van der Waals surface area contributed by atoms with Gasteiger partial charge in [-0.2, -0.15) is 5.10 Å². The second kappa shape index (κ2) is 10.9. The van der Waals surface area contributed by atoms with Gasteiger partial charge in [0.05, 0.1) is 11.2 Å². The van der Waals surface area contributed by atoms with Gasteiger partial charge in [-0.25, -0.2) is 13.7 Å². The first-order valence-corrected chi connectivity index (χ1v) is 13.9. The fourth-order valence-electron chi connectivity index (χ4n) is 6.01. The summed E-state index contributed by atoms with van der Waals surface area (Å²) in [7, 11) is 0. The minimum atomic E-state index is -0.974. The van der Waals surface area contributed by atoms with Crippen LogP contribution in [0.15, 0.2) is 42.8 Å². The topological polar surface area (TPSA) is 56.1 Å². The van der Waals surface area contributed by atoms with Crippen LogP contribution in [0.3, 0.4) is 0 Å². The standard InChI is InChI=1S/C29H41FN6O/c1-20(2)32-29(37)34-14-12-33(13-15-34)27-9-10-31-36-19-24(17-28(27)36)22-7-8-25(26(30)16-22)23-6-5-11-35(18-23)21(3)4/h7-10,16-17,19-21,23,25-26H,5-6,11-15,18H2,1-4H3,(H,32,37)/t23-,25?,26?/m0/s1. The Kier molecular flexibility index (Phi) is 7.56. The van der Waals surface area contributed by atoms with Gasteiger partial charge in [-0.05, 0) is 76.8 Å². The number of fused-ring (bicyclic) bond motifs is 1. The van der Waals surface area contributed by atoms with Crippen LogP contribution in [0.5, 0.6) is 0 Å². The summed E-state index contributed by atoms with van der Waals surface area (Å²) in [6.07, 6.45) is 11.1. The second-order valence-electron chi connectivity index (χ2n) is 11.3. The summed E-state index contributed by atoms with van der Waals surface area (Å²) in [5.74, 6) is 0.308. The van der Waals surface area contributed by atoms with Crippen molar-refractivity contribution >= 4 is 22.8 Å². The average molecular weight is 509 g/mol. The largest absolute Gasteiger partial charge is 0.366 e. The third kappa shape index (κ3) is 5.54. The van der Waals surface area contributed by atoms with Crippen molar-refractivity contribution in [1.82, 2.24) is 24.7 Å². The van der Waals surface area contributed by atoms with Crippen LogP contribution in [0.25, 0.3) is 11.1 Å². The number of carbonyl (C=O) groups is 1. The maximum atomic E-state index is 15.5. The predicted molar refractivity (Wildman–Crippen MR) is 148 cm³/mol. The van der Waals surface area contributed by atoms with E-state index in [4.69, 9.17) is 0 Å². The normalized spacial score (nSPS) is 25.3. The molecule has 4 heterocycles. The Balaban J connectivity index is 1.29. The number of piperidine rings is 1. The molecule has 0 spiro atoms. The predicted octanol–water partition coefficient (Wildman–Crippen LogP) is 4.60. The number of allylic oxidation sites excluding steroid dienone is 4. The Bertz CT molecular complexity index is 1160. The van der Waals surface area contributed by atoms with Crippen molar-refractivity contribution in [2.24, 2.45) is 11.8 Å². The Hall–Kier alpha value is -2.87. The molecule has 7 nitrogen and oxygen atoms in total. The lowest BCUT2D eigenvalue weighted by molar-refractivity contribution is 0.0992. The number of halogens is 1. The number of urea groups is 1. The van der Waals surface area contributed by atoms with Gasteiger partial charge in [-0.3, -0.25) is 0 Å². The summed E-state index contributed by atoms with van der Waals surface area (Å²) in [4.78, 5) is 19.0. The number of likely N-dealkylation sites (tertiary alicyclic amines) is 1. The van der Waals surface area contributed by atoms with E-state index < -0.39 is 6.17 Å². The highest BCUT2D eigenvalue weighted by Gasteiger charge is 2.33. The zero-order valence-electron chi connectivity index (χ0n) is 22.6. The van der Waals surface area contributed by atoms with Gasteiger partial charge in [0.25, 0.3) is 0 Å². The lowest BCUT2D eigenvalue weighted by Crippen LogP contribution is -2.53. The Labute approximate surface area is 220 Å². The molecule has 2 aliphatic heterocycles. The van der Waals surface area contributed by atoms with E-state index in [0.29, 0.717) is 25.0 Å². The molecule has 5 rings (SSSR count). The minimum Gasteiger partial charge on any atom is -0.366 e. The number of nitrogens with one attached hydrogen (secondary N) is 1. The van der Waals surface area contributed by atoms with Gasteiger partial charge >= 0.3 is 6.03 Å². The molecule has 0 saturated carbocycles. The summed E-state index contributed by atoms with van der Waals surface area (Å²) >= 11 is 0. The summed E-state index contributed by atoms with van der Waals surface area (Å²) in [6.45, 7) is 13.4. The van der Waals surface area contributed by atoms with Gasteiger partial charge in [0.1, 0.15) is 6.17 Å². The quantitative estimate of drug-likeness (QED) is 0.641. The Morgan fingerprint density at radius 2 is 1.92 bits per heavy atom. The van der Waals surface area contributed by atoms with E-state index >= 15 is 4.39 Å². The molecular formula is C29H41FN6O. The lowest BCUT2D eigenvalue weighted by atomic mass is 9.79. The molecule has 1 aliphatic carbocycles. The van der Waals surface area contributed by atoms with Gasteiger partial charge in [-0.15, -0.1) is 0 Å². The highest BCUT2D eigenvalue weighted by atomic mass is 19.1. The number of alkyl halides is 1. The third-order valence-electron chi connectivity index (χ3n) is 8.11. The summed E-state index contributed by atoms with van der Waals surface area (Å²) in [5, 5.41) is 7.50. The van der Waals surface area contributed by atoms with Crippen LogP contribution in [0, 0.1) is 11.8 Å². The molecule has 2 fully saturated rings. The minimum absolute atomic E-state index is 0.000239. The Morgan fingerprint density at radius 3 is 2.62 bits per heavy atom. The van der Waals surface area contributed by atoms with Crippen molar-refractivity contribution in [2.75, 3.05) is 44.2 Å². The highest BCUT2D eigenvalue weighted by Crippen LogP contribution is 2.36. The smallest absolute Gasteiger partial charge is 0.317 e. The van der Waals surface area contributed by atoms with Crippen molar-refractivity contribution in [3.63, 3.8) is 0 Å². The number of hydrogen-bond donors (Lipinski definition) is 1. The maximum Gasteiger partial charge on any atom is 0.317 e. The van der Waals surface area contributed by atoms with Crippen LogP contribution in [-0.2, 0) is 0 Å². The first-order chi connectivity index (χ1) is 17.8. The molecule has 2 unspecified atom stereocenters. The molecule has 0 aromatic carbocycles.